The molecule has 1 aliphatic rings. The molecular weight excluding hydrogens is 260 g/mol. The van der Waals surface area contributed by atoms with Crippen molar-refractivity contribution in [2.45, 2.75) is 0 Å². The maximum absolute atomic E-state index is 10.8. The summed E-state index contributed by atoms with van der Waals surface area (Å²) in [5.41, 5.74) is -0.854. The number of nitro groups is 2. The van der Waals surface area contributed by atoms with Gasteiger partial charge in [-0.2, -0.15) is 0 Å². The third kappa shape index (κ3) is 2.89. The van der Waals surface area contributed by atoms with Crippen molar-refractivity contribution in [1.82, 2.24) is 0 Å². The Morgan fingerprint density at radius 1 is 1.26 bits per heavy atom. The van der Waals surface area contributed by atoms with Gasteiger partial charge in [-0.05, 0) is 6.07 Å². The molecule has 0 radical (unpaired) electrons. The van der Waals surface area contributed by atoms with Gasteiger partial charge in [-0.3, -0.25) is 20.2 Å². The Bertz CT molecular complexity index is 555. The quantitative estimate of drug-likeness (QED) is 0.589. The Morgan fingerprint density at radius 2 is 2.05 bits per heavy atom. The molecule has 0 unspecified atom stereocenters. The van der Waals surface area contributed by atoms with E-state index in [0.29, 0.717) is 5.76 Å². The summed E-state index contributed by atoms with van der Waals surface area (Å²) in [6.07, 6.45) is 1.33. The van der Waals surface area contributed by atoms with E-state index < -0.39 is 15.5 Å². The van der Waals surface area contributed by atoms with E-state index in [4.69, 9.17) is 14.2 Å². The minimum absolute atomic E-state index is 0.0569. The van der Waals surface area contributed by atoms with E-state index in [-0.39, 0.29) is 24.8 Å². The van der Waals surface area contributed by atoms with Crippen LogP contribution in [-0.4, -0.2) is 23.2 Å². The third-order valence-corrected chi connectivity index (χ3v) is 2.25. The molecule has 1 heterocycles. The van der Waals surface area contributed by atoms with Gasteiger partial charge >= 0.3 is 5.69 Å². The number of ether oxygens (including phenoxy) is 3. The summed E-state index contributed by atoms with van der Waals surface area (Å²) in [5.74, 6) is 0.305. The molecule has 9 nitrogen and oxygen atoms in total. The molecule has 0 fully saturated rings. The number of hydrogen-bond acceptors (Lipinski definition) is 7. The Morgan fingerprint density at radius 3 is 2.63 bits per heavy atom. The Labute approximate surface area is 106 Å². The maximum Gasteiger partial charge on any atom is 0.317 e. The van der Waals surface area contributed by atoms with E-state index >= 15 is 0 Å². The number of rotatable bonds is 5. The molecule has 0 saturated carbocycles. The second-order valence-electron chi connectivity index (χ2n) is 3.47. The minimum atomic E-state index is -0.747. The van der Waals surface area contributed by atoms with Crippen molar-refractivity contribution in [3.8, 4) is 5.75 Å². The third-order valence-electron chi connectivity index (χ3n) is 2.25. The molecule has 0 aromatic heterocycles. The fourth-order valence-corrected chi connectivity index (χ4v) is 1.38. The number of non-ortho nitro benzene ring substituents is 1. The maximum atomic E-state index is 10.8. The lowest BCUT2D eigenvalue weighted by Crippen LogP contribution is -2.04. The Kier molecular flexibility index (Phi) is 3.46. The molecule has 0 bridgehead atoms. The predicted octanol–water partition coefficient (Wildman–Crippen LogP) is 1.73. The summed E-state index contributed by atoms with van der Waals surface area (Å²) in [7, 11) is 0. The van der Waals surface area contributed by atoms with Crippen molar-refractivity contribution in [1.29, 1.82) is 0 Å². The molecule has 1 aromatic rings. The summed E-state index contributed by atoms with van der Waals surface area (Å²) >= 11 is 0. The van der Waals surface area contributed by atoms with Crippen LogP contribution in [0.3, 0.4) is 0 Å². The van der Waals surface area contributed by atoms with Crippen molar-refractivity contribution in [2.75, 3.05) is 13.4 Å². The van der Waals surface area contributed by atoms with Crippen LogP contribution in [0.15, 0.2) is 30.2 Å². The van der Waals surface area contributed by atoms with E-state index in [0.717, 1.165) is 12.1 Å². The molecule has 100 valence electrons. The van der Waals surface area contributed by atoms with Crippen LogP contribution in [0.5, 0.6) is 5.75 Å². The average molecular weight is 268 g/mol. The topological polar surface area (TPSA) is 114 Å². The van der Waals surface area contributed by atoms with Crippen LogP contribution in [0.4, 0.5) is 11.4 Å². The molecule has 0 atom stereocenters. The molecule has 0 N–H and O–H groups in total. The second-order valence-corrected chi connectivity index (χ2v) is 3.47. The van der Waals surface area contributed by atoms with Gasteiger partial charge < -0.3 is 14.2 Å². The Balaban J connectivity index is 2.18. The minimum Gasteiger partial charge on any atom is -0.479 e. The van der Waals surface area contributed by atoms with Crippen LogP contribution in [0.1, 0.15) is 0 Å². The smallest absolute Gasteiger partial charge is 0.317 e. The van der Waals surface area contributed by atoms with Gasteiger partial charge in [-0.15, -0.1) is 0 Å². The fraction of sp³-hybridized carbons (Fsp3) is 0.200. The first-order chi connectivity index (χ1) is 9.08. The number of nitrogens with zero attached hydrogens (tertiary/aromatic N) is 2. The lowest BCUT2D eigenvalue weighted by molar-refractivity contribution is -0.394. The first-order valence-corrected chi connectivity index (χ1v) is 5.07. The van der Waals surface area contributed by atoms with Gasteiger partial charge in [0.05, 0.1) is 15.9 Å². The number of nitro benzene ring substituents is 2. The van der Waals surface area contributed by atoms with Crippen LogP contribution in [0.25, 0.3) is 0 Å². The number of hydrogen-bond donors (Lipinski definition) is 0. The molecular formula is C10H8N2O7. The van der Waals surface area contributed by atoms with Crippen molar-refractivity contribution in [3.63, 3.8) is 0 Å². The molecule has 2 rings (SSSR count). The van der Waals surface area contributed by atoms with Crippen LogP contribution in [0, 0.1) is 20.2 Å². The van der Waals surface area contributed by atoms with E-state index in [1.54, 1.807) is 0 Å². The monoisotopic (exact) mass is 268 g/mol. The van der Waals surface area contributed by atoms with Gasteiger partial charge in [-0.1, -0.05) is 0 Å². The van der Waals surface area contributed by atoms with Gasteiger partial charge in [0.25, 0.3) is 5.69 Å². The standard InChI is InChI=1S/C10H8N2O7/c13-11(14)7-1-2-10(9(3-7)12(15)16)18-5-8-4-17-6-19-8/h1-4H,5-6H2. The molecule has 0 saturated heterocycles. The summed E-state index contributed by atoms with van der Waals surface area (Å²) in [6, 6.07) is 3.14. The molecule has 19 heavy (non-hydrogen) atoms. The van der Waals surface area contributed by atoms with E-state index in [2.05, 4.69) is 0 Å². The largest absolute Gasteiger partial charge is 0.479 e. The predicted molar refractivity (Wildman–Crippen MR) is 60.4 cm³/mol. The zero-order valence-electron chi connectivity index (χ0n) is 9.48. The van der Waals surface area contributed by atoms with E-state index in [1.165, 1.54) is 12.3 Å². The Hall–Kier alpha value is -2.84. The zero-order chi connectivity index (χ0) is 13.8. The average Bonchev–Trinajstić information content (AvgIpc) is 2.89. The highest BCUT2D eigenvalue weighted by Gasteiger charge is 2.21. The highest BCUT2D eigenvalue weighted by atomic mass is 16.7. The van der Waals surface area contributed by atoms with Gasteiger partial charge in [0, 0.05) is 6.07 Å². The first kappa shape index (κ1) is 12.6. The fourth-order valence-electron chi connectivity index (χ4n) is 1.38. The first-order valence-electron chi connectivity index (χ1n) is 5.07. The van der Waals surface area contributed by atoms with Crippen molar-refractivity contribution in [2.24, 2.45) is 0 Å². The van der Waals surface area contributed by atoms with E-state index in [9.17, 15) is 20.2 Å². The highest BCUT2D eigenvalue weighted by Crippen LogP contribution is 2.31. The second kappa shape index (κ2) is 5.21. The normalized spacial score (nSPS) is 13.2. The van der Waals surface area contributed by atoms with Crippen LogP contribution in [0.2, 0.25) is 0 Å². The summed E-state index contributed by atoms with van der Waals surface area (Å²) in [5, 5.41) is 21.4. The highest BCUT2D eigenvalue weighted by molar-refractivity contribution is 5.53. The molecule has 1 aliphatic heterocycles. The van der Waals surface area contributed by atoms with Crippen molar-refractivity contribution in [3.05, 3.63) is 50.4 Å². The van der Waals surface area contributed by atoms with Crippen molar-refractivity contribution < 1.29 is 24.1 Å². The van der Waals surface area contributed by atoms with Crippen LogP contribution < -0.4 is 4.74 Å². The summed E-state index contributed by atoms with van der Waals surface area (Å²) in [6.45, 7) is 0.0136. The molecule has 0 aliphatic carbocycles. The van der Waals surface area contributed by atoms with Crippen LogP contribution >= 0.6 is 0 Å². The zero-order valence-corrected chi connectivity index (χ0v) is 9.48. The van der Waals surface area contributed by atoms with Gasteiger partial charge in [0.2, 0.25) is 6.79 Å². The number of benzene rings is 1. The molecule has 0 amide bonds. The lowest BCUT2D eigenvalue weighted by Gasteiger charge is -2.06. The summed E-state index contributed by atoms with van der Waals surface area (Å²) < 4.78 is 14.9. The van der Waals surface area contributed by atoms with Crippen molar-refractivity contribution >= 4 is 11.4 Å². The van der Waals surface area contributed by atoms with Gasteiger partial charge in [0.15, 0.2) is 11.5 Å². The van der Waals surface area contributed by atoms with Crippen LogP contribution in [-0.2, 0) is 9.47 Å². The SMILES string of the molecule is O=[N+]([O-])c1ccc(OCC2=COCO2)c([N+](=O)[O-])c1. The molecule has 9 heteroatoms. The lowest BCUT2D eigenvalue weighted by atomic mass is 10.2. The molecule has 0 spiro atoms. The molecule has 1 aromatic carbocycles. The van der Waals surface area contributed by atoms with E-state index in [1.807, 2.05) is 0 Å². The summed E-state index contributed by atoms with van der Waals surface area (Å²) in [4.78, 5) is 19.9. The van der Waals surface area contributed by atoms with Gasteiger partial charge in [0.1, 0.15) is 12.9 Å². The van der Waals surface area contributed by atoms with Gasteiger partial charge in [-0.25, -0.2) is 0 Å².